The van der Waals surface area contributed by atoms with Crippen LogP contribution in [0.3, 0.4) is 0 Å². The summed E-state index contributed by atoms with van der Waals surface area (Å²) in [7, 11) is 0. The van der Waals surface area contributed by atoms with E-state index in [1.807, 2.05) is 12.1 Å². The average molecular weight is 330 g/mol. The zero-order valence-electron chi connectivity index (χ0n) is 13.1. The summed E-state index contributed by atoms with van der Waals surface area (Å²) in [5.74, 6) is -0.0867. The maximum Gasteiger partial charge on any atom is 0.223 e. The molecule has 1 aliphatic heterocycles. The third-order valence-electron chi connectivity index (χ3n) is 4.02. The number of aliphatic hydroxyl groups excluding tert-OH is 1. The largest absolute Gasteiger partial charge is 0.486 e. The summed E-state index contributed by atoms with van der Waals surface area (Å²) in [5.41, 5.74) is 0.998. The fraction of sp³-hybridized carbons (Fsp3) is 0.333. The zero-order valence-corrected chi connectivity index (χ0v) is 13.1. The molecule has 1 aromatic carbocycles. The molecule has 2 atom stereocenters. The molecule has 0 radical (unpaired) electrons. The molecular weight excluding hydrogens is 311 g/mol. The SMILES string of the molecule is O=C(CCc1cccnc1)N1C[C@@H](O)[C@H](Oc2cccc(F)c2)C1. The normalized spacial score (nSPS) is 20.2. The molecule has 5 nitrogen and oxygen atoms in total. The standard InChI is InChI=1S/C18H19FN2O3/c19-14-4-1-5-15(9-14)24-17-12-21(11-16(17)22)18(23)7-6-13-3-2-8-20-10-13/h1-5,8-10,16-17,22H,6-7,11-12H2/t16-,17-/m1/s1. The Morgan fingerprint density at radius 2 is 2.21 bits per heavy atom. The third kappa shape index (κ3) is 4.08. The van der Waals surface area contributed by atoms with Crippen molar-refractivity contribution in [2.45, 2.75) is 25.0 Å². The molecule has 0 bridgehead atoms. The Hall–Kier alpha value is -2.47. The Balaban J connectivity index is 1.54. The highest BCUT2D eigenvalue weighted by Gasteiger charge is 2.35. The van der Waals surface area contributed by atoms with E-state index >= 15 is 0 Å². The van der Waals surface area contributed by atoms with Crippen molar-refractivity contribution in [2.24, 2.45) is 0 Å². The van der Waals surface area contributed by atoms with E-state index in [9.17, 15) is 14.3 Å². The van der Waals surface area contributed by atoms with Gasteiger partial charge >= 0.3 is 0 Å². The second-order valence-corrected chi connectivity index (χ2v) is 5.84. The molecule has 1 fully saturated rings. The molecule has 0 unspecified atom stereocenters. The number of β-amino-alcohol motifs (C(OH)–C–C–N with tert-alkyl or cyclic N) is 1. The number of aromatic nitrogens is 1. The van der Waals surface area contributed by atoms with Crippen molar-refractivity contribution in [3.05, 3.63) is 60.2 Å². The molecule has 1 saturated heterocycles. The molecule has 0 saturated carbocycles. The van der Waals surface area contributed by atoms with Crippen LogP contribution in [0, 0.1) is 5.82 Å². The summed E-state index contributed by atoms with van der Waals surface area (Å²) in [5, 5.41) is 10.1. The van der Waals surface area contributed by atoms with Crippen LogP contribution in [-0.4, -0.2) is 46.2 Å². The van der Waals surface area contributed by atoms with Crippen LogP contribution >= 0.6 is 0 Å². The Labute approximate surface area is 139 Å². The molecule has 2 heterocycles. The average Bonchev–Trinajstić information content (AvgIpc) is 2.94. The second kappa shape index (κ2) is 7.40. The summed E-state index contributed by atoms with van der Waals surface area (Å²) >= 11 is 0. The Bertz CT molecular complexity index is 696. The number of carbonyl (C=O) groups excluding carboxylic acids is 1. The summed E-state index contributed by atoms with van der Waals surface area (Å²) in [6.45, 7) is 0.523. The molecular formula is C18H19FN2O3. The molecule has 0 aliphatic carbocycles. The predicted molar refractivity (Wildman–Crippen MR) is 86.0 cm³/mol. The van der Waals surface area contributed by atoms with Gasteiger partial charge in [0, 0.05) is 24.9 Å². The van der Waals surface area contributed by atoms with Gasteiger partial charge in [0.05, 0.1) is 13.1 Å². The summed E-state index contributed by atoms with van der Waals surface area (Å²) in [6, 6.07) is 9.52. The number of pyridine rings is 1. The number of likely N-dealkylation sites (tertiary alicyclic amines) is 1. The quantitative estimate of drug-likeness (QED) is 0.908. The third-order valence-corrected chi connectivity index (χ3v) is 4.02. The number of aryl methyl sites for hydroxylation is 1. The van der Waals surface area contributed by atoms with Crippen molar-refractivity contribution in [3.63, 3.8) is 0 Å². The first kappa shape index (κ1) is 16.4. The topological polar surface area (TPSA) is 62.7 Å². The van der Waals surface area contributed by atoms with Crippen molar-refractivity contribution in [1.29, 1.82) is 0 Å². The van der Waals surface area contributed by atoms with Gasteiger partial charge in [-0.1, -0.05) is 12.1 Å². The molecule has 1 aliphatic rings. The van der Waals surface area contributed by atoms with Gasteiger partial charge in [-0.3, -0.25) is 9.78 Å². The monoisotopic (exact) mass is 330 g/mol. The van der Waals surface area contributed by atoms with E-state index in [1.54, 1.807) is 29.4 Å². The molecule has 1 aromatic heterocycles. The van der Waals surface area contributed by atoms with E-state index in [1.165, 1.54) is 12.1 Å². The maximum atomic E-state index is 13.2. The van der Waals surface area contributed by atoms with Gasteiger partial charge in [-0.15, -0.1) is 0 Å². The van der Waals surface area contributed by atoms with E-state index < -0.39 is 18.0 Å². The number of amides is 1. The molecule has 1 amide bonds. The molecule has 3 rings (SSSR count). The highest BCUT2D eigenvalue weighted by molar-refractivity contribution is 5.77. The molecule has 1 N–H and O–H groups in total. The second-order valence-electron chi connectivity index (χ2n) is 5.84. The molecule has 24 heavy (non-hydrogen) atoms. The van der Waals surface area contributed by atoms with Gasteiger partial charge in [0.25, 0.3) is 0 Å². The first-order valence-electron chi connectivity index (χ1n) is 7.89. The van der Waals surface area contributed by atoms with Gasteiger partial charge in [-0.2, -0.15) is 0 Å². The number of ether oxygens (including phenoxy) is 1. The minimum atomic E-state index is -0.782. The van der Waals surface area contributed by atoms with Crippen LogP contribution in [0.15, 0.2) is 48.8 Å². The molecule has 2 aromatic rings. The Morgan fingerprint density at radius 3 is 2.96 bits per heavy atom. The number of halogens is 1. The molecule has 6 heteroatoms. The Kier molecular flexibility index (Phi) is 5.05. The predicted octanol–water partition coefficient (Wildman–Crippen LogP) is 1.80. The lowest BCUT2D eigenvalue weighted by molar-refractivity contribution is -0.130. The van der Waals surface area contributed by atoms with Crippen LogP contribution in [0.2, 0.25) is 0 Å². The summed E-state index contributed by atoms with van der Waals surface area (Å²) < 4.78 is 18.8. The fourth-order valence-corrected chi connectivity index (χ4v) is 2.75. The zero-order chi connectivity index (χ0) is 16.9. The van der Waals surface area contributed by atoms with E-state index in [2.05, 4.69) is 4.98 Å². The smallest absolute Gasteiger partial charge is 0.223 e. The van der Waals surface area contributed by atoms with Crippen molar-refractivity contribution in [3.8, 4) is 5.75 Å². The van der Waals surface area contributed by atoms with Gasteiger partial charge < -0.3 is 14.7 Å². The van der Waals surface area contributed by atoms with E-state index in [-0.39, 0.29) is 12.5 Å². The Morgan fingerprint density at radius 1 is 1.33 bits per heavy atom. The van der Waals surface area contributed by atoms with Crippen molar-refractivity contribution in [1.82, 2.24) is 9.88 Å². The fourth-order valence-electron chi connectivity index (χ4n) is 2.75. The van der Waals surface area contributed by atoms with E-state index in [4.69, 9.17) is 4.74 Å². The van der Waals surface area contributed by atoms with Crippen LogP contribution in [-0.2, 0) is 11.2 Å². The van der Waals surface area contributed by atoms with Crippen LogP contribution in [0.5, 0.6) is 5.75 Å². The lowest BCUT2D eigenvalue weighted by atomic mass is 10.1. The van der Waals surface area contributed by atoms with Crippen molar-refractivity contribution >= 4 is 5.91 Å². The number of carbonyl (C=O) groups is 1. The minimum absolute atomic E-state index is 0.0387. The number of rotatable bonds is 5. The van der Waals surface area contributed by atoms with Crippen LogP contribution in [0.4, 0.5) is 4.39 Å². The number of benzene rings is 1. The van der Waals surface area contributed by atoms with Crippen LogP contribution in [0.1, 0.15) is 12.0 Å². The van der Waals surface area contributed by atoms with Gasteiger partial charge in [0.2, 0.25) is 5.91 Å². The van der Waals surface area contributed by atoms with Gasteiger partial charge in [0.15, 0.2) is 0 Å². The number of aliphatic hydroxyl groups is 1. The highest BCUT2D eigenvalue weighted by atomic mass is 19.1. The number of hydrogen-bond acceptors (Lipinski definition) is 4. The molecule has 126 valence electrons. The maximum absolute atomic E-state index is 13.2. The summed E-state index contributed by atoms with van der Waals surface area (Å²) in [4.78, 5) is 17.9. The molecule has 0 spiro atoms. The highest BCUT2D eigenvalue weighted by Crippen LogP contribution is 2.20. The van der Waals surface area contributed by atoms with Crippen molar-refractivity contribution < 1.29 is 19.0 Å². The summed E-state index contributed by atoms with van der Waals surface area (Å²) in [6.07, 6.45) is 3.06. The van der Waals surface area contributed by atoms with Gasteiger partial charge in [-0.05, 0) is 30.2 Å². The van der Waals surface area contributed by atoms with Crippen molar-refractivity contribution in [2.75, 3.05) is 13.1 Å². The van der Waals surface area contributed by atoms with E-state index in [0.717, 1.165) is 5.56 Å². The van der Waals surface area contributed by atoms with Gasteiger partial charge in [0.1, 0.15) is 23.8 Å². The number of hydrogen-bond donors (Lipinski definition) is 1. The number of nitrogens with zero attached hydrogens (tertiary/aromatic N) is 2. The lowest BCUT2D eigenvalue weighted by Crippen LogP contribution is -2.31. The first-order chi connectivity index (χ1) is 11.6. The first-order valence-corrected chi connectivity index (χ1v) is 7.89. The lowest BCUT2D eigenvalue weighted by Gasteiger charge is -2.17. The van der Waals surface area contributed by atoms with Gasteiger partial charge in [-0.25, -0.2) is 4.39 Å². The van der Waals surface area contributed by atoms with Crippen LogP contribution in [0.25, 0.3) is 0 Å². The minimum Gasteiger partial charge on any atom is -0.486 e. The van der Waals surface area contributed by atoms with E-state index in [0.29, 0.717) is 25.1 Å². The van der Waals surface area contributed by atoms with Crippen LogP contribution < -0.4 is 4.74 Å².